The molecule has 0 atom stereocenters. The molecule has 4 aromatic carbocycles. The smallest absolute Gasteiger partial charge is 0.333 e. The number of rotatable bonds is 24. The Hall–Kier alpha value is -6.28. The molecule has 0 aliphatic rings. The summed E-state index contributed by atoms with van der Waals surface area (Å²) in [6.07, 6.45) is 14.4. The van der Waals surface area contributed by atoms with E-state index < -0.39 is 0 Å². The number of unbranched alkanes of at least 4 members (excludes halogenated alkanes) is 6. The highest BCUT2D eigenvalue weighted by atomic mass is 16.5. The number of hydrogen-bond donors (Lipinski definition) is 0. The summed E-state index contributed by atoms with van der Waals surface area (Å²) in [5, 5.41) is 0. The molecule has 0 radical (unpaired) electrons. The van der Waals surface area contributed by atoms with Crippen molar-refractivity contribution in [1.82, 2.24) is 0 Å². The van der Waals surface area contributed by atoms with Gasteiger partial charge in [-0.15, -0.1) is 0 Å². The van der Waals surface area contributed by atoms with Crippen LogP contribution >= 0.6 is 0 Å². The number of ether oxygens (including phenoxy) is 4. The van der Waals surface area contributed by atoms with Crippen LogP contribution in [-0.4, -0.2) is 49.9 Å². The van der Waals surface area contributed by atoms with Crippen molar-refractivity contribution in [2.75, 3.05) is 26.4 Å². The van der Waals surface area contributed by atoms with Gasteiger partial charge in [-0.05, 0) is 132 Å². The van der Waals surface area contributed by atoms with E-state index in [-0.39, 0.29) is 23.5 Å². The molecule has 8 nitrogen and oxygen atoms in total. The molecule has 0 aliphatic heterocycles. The summed E-state index contributed by atoms with van der Waals surface area (Å²) < 4.78 is 21.6. The summed E-state index contributed by atoms with van der Waals surface area (Å²) >= 11 is 0. The van der Waals surface area contributed by atoms with E-state index in [4.69, 9.17) is 18.9 Å². The molecule has 0 unspecified atom stereocenters. The van der Waals surface area contributed by atoms with Crippen molar-refractivity contribution in [3.8, 4) is 11.5 Å². The van der Waals surface area contributed by atoms with Crippen LogP contribution in [0.5, 0.6) is 11.5 Å². The minimum absolute atomic E-state index is 0.00952. The molecule has 0 aliphatic carbocycles. The van der Waals surface area contributed by atoms with Crippen LogP contribution in [0.3, 0.4) is 0 Å². The first kappa shape index (κ1) is 47.1. The van der Waals surface area contributed by atoms with Gasteiger partial charge in [0.25, 0.3) is 0 Å². The number of carbonyl (C=O) groups excluding carboxylic acids is 4. The van der Waals surface area contributed by atoms with Gasteiger partial charge in [-0.2, -0.15) is 0 Å². The Kier molecular flexibility index (Phi) is 21.8. The third kappa shape index (κ3) is 20.1. The fraction of sp³-hybridized carbons (Fsp3) is 0.294. The number of aryl methyl sites for hydroxylation is 1. The third-order valence-corrected chi connectivity index (χ3v) is 8.79. The van der Waals surface area contributed by atoms with E-state index >= 15 is 0 Å². The lowest BCUT2D eigenvalue weighted by Crippen LogP contribution is -2.06. The van der Waals surface area contributed by atoms with Gasteiger partial charge in [0.15, 0.2) is 11.6 Å². The molecular formula is C51H58O8. The normalized spacial score (nSPS) is 10.7. The summed E-state index contributed by atoms with van der Waals surface area (Å²) in [6.45, 7) is 14.5. The van der Waals surface area contributed by atoms with E-state index in [1.807, 2.05) is 110 Å². The molecule has 59 heavy (non-hydrogen) atoms. The van der Waals surface area contributed by atoms with Crippen molar-refractivity contribution in [1.29, 1.82) is 0 Å². The largest absolute Gasteiger partial charge is 0.494 e. The highest BCUT2D eigenvalue weighted by Gasteiger charge is 2.05. The minimum Gasteiger partial charge on any atom is -0.494 e. The van der Waals surface area contributed by atoms with Gasteiger partial charge < -0.3 is 18.9 Å². The second-order valence-corrected chi connectivity index (χ2v) is 14.1. The van der Waals surface area contributed by atoms with Crippen molar-refractivity contribution in [2.45, 2.75) is 72.1 Å². The second kappa shape index (κ2) is 27.4. The van der Waals surface area contributed by atoms with Crippen LogP contribution in [0.25, 0.3) is 12.2 Å². The molecule has 0 saturated carbocycles. The first-order valence-electron chi connectivity index (χ1n) is 20.2. The maximum atomic E-state index is 12.2. The molecule has 4 aromatic rings. The van der Waals surface area contributed by atoms with Gasteiger partial charge in [0.1, 0.15) is 11.5 Å². The molecule has 0 bridgehead atoms. The Bertz CT molecular complexity index is 1970. The topological polar surface area (TPSA) is 105 Å². The molecule has 0 aromatic heterocycles. The summed E-state index contributed by atoms with van der Waals surface area (Å²) in [4.78, 5) is 46.9. The average molecular weight is 799 g/mol. The molecule has 0 spiro atoms. The zero-order valence-electron chi connectivity index (χ0n) is 34.8. The van der Waals surface area contributed by atoms with Crippen molar-refractivity contribution in [3.05, 3.63) is 167 Å². The monoisotopic (exact) mass is 798 g/mol. The quantitative estimate of drug-likeness (QED) is 0.0299. The summed E-state index contributed by atoms with van der Waals surface area (Å²) in [5.41, 5.74) is 5.26. The predicted molar refractivity (Wildman–Crippen MR) is 237 cm³/mol. The van der Waals surface area contributed by atoms with E-state index in [1.165, 1.54) is 0 Å². The van der Waals surface area contributed by atoms with Crippen molar-refractivity contribution in [2.24, 2.45) is 0 Å². The summed E-state index contributed by atoms with van der Waals surface area (Å²) in [6, 6.07) is 32.2. The lowest BCUT2D eigenvalue weighted by molar-refractivity contribution is -0.139. The molecule has 310 valence electrons. The van der Waals surface area contributed by atoms with Crippen molar-refractivity contribution >= 4 is 35.7 Å². The van der Waals surface area contributed by atoms with Gasteiger partial charge in [0, 0.05) is 22.3 Å². The van der Waals surface area contributed by atoms with Crippen LogP contribution in [0, 0.1) is 6.92 Å². The van der Waals surface area contributed by atoms with Crippen LogP contribution in [0.2, 0.25) is 0 Å². The lowest BCUT2D eigenvalue weighted by atomic mass is 10.1. The number of carbonyl (C=O) groups is 4. The number of hydrogen-bond acceptors (Lipinski definition) is 8. The zero-order chi connectivity index (χ0) is 42.7. The Balaban J connectivity index is 0.000000316. The molecule has 0 heterocycles. The Labute approximate surface area is 350 Å². The number of benzene rings is 4. The fourth-order valence-electron chi connectivity index (χ4n) is 5.28. The van der Waals surface area contributed by atoms with Crippen LogP contribution in [-0.2, 0) is 19.1 Å². The number of esters is 2. The Morgan fingerprint density at radius 1 is 0.475 bits per heavy atom. The number of allylic oxidation sites excluding steroid dienone is 2. The maximum absolute atomic E-state index is 12.2. The maximum Gasteiger partial charge on any atom is 0.333 e. The van der Waals surface area contributed by atoms with E-state index in [1.54, 1.807) is 38.1 Å². The van der Waals surface area contributed by atoms with Gasteiger partial charge in [-0.1, -0.05) is 97.6 Å². The lowest BCUT2D eigenvalue weighted by Gasteiger charge is -2.07. The highest BCUT2D eigenvalue weighted by Crippen LogP contribution is 2.16. The third-order valence-electron chi connectivity index (χ3n) is 8.79. The van der Waals surface area contributed by atoms with Gasteiger partial charge in [-0.25, -0.2) is 9.59 Å². The molecule has 0 saturated heterocycles. The SMILES string of the molecule is C=C(C)C(=O)OCCCCCCOc1ccc(/C=C/C(=O)c2ccc(C)cc2)cc1.C=C(C)C(=O)OCCCCCCOc1ccc(C(=O)/C=C/c2ccccc2)cc1. The van der Waals surface area contributed by atoms with E-state index in [0.29, 0.717) is 48.7 Å². The van der Waals surface area contributed by atoms with Gasteiger partial charge >= 0.3 is 11.9 Å². The first-order chi connectivity index (χ1) is 28.5. The van der Waals surface area contributed by atoms with E-state index in [9.17, 15) is 19.2 Å². The van der Waals surface area contributed by atoms with Crippen LogP contribution in [0.1, 0.15) is 103 Å². The minimum atomic E-state index is -0.328. The zero-order valence-corrected chi connectivity index (χ0v) is 34.8. The van der Waals surface area contributed by atoms with Crippen LogP contribution in [0.4, 0.5) is 0 Å². The molecule has 0 amide bonds. The van der Waals surface area contributed by atoms with Crippen LogP contribution < -0.4 is 9.47 Å². The van der Waals surface area contributed by atoms with E-state index in [2.05, 4.69) is 13.2 Å². The molecule has 8 heteroatoms. The molecule has 0 fully saturated rings. The summed E-state index contributed by atoms with van der Waals surface area (Å²) in [5.74, 6) is 0.871. The van der Waals surface area contributed by atoms with Gasteiger partial charge in [-0.3, -0.25) is 9.59 Å². The number of ketones is 2. The summed E-state index contributed by atoms with van der Waals surface area (Å²) in [7, 11) is 0. The van der Waals surface area contributed by atoms with Gasteiger partial charge in [0.05, 0.1) is 26.4 Å². The van der Waals surface area contributed by atoms with E-state index in [0.717, 1.165) is 79.6 Å². The Morgan fingerprint density at radius 2 is 0.847 bits per heavy atom. The highest BCUT2D eigenvalue weighted by molar-refractivity contribution is 6.07. The van der Waals surface area contributed by atoms with Crippen molar-refractivity contribution < 1.29 is 38.1 Å². The Morgan fingerprint density at radius 3 is 1.27 bits per heavy atom. The van der Waals surface area contributed by atoms with Gasteiger partial charge in [0.2, 0.25) is 0 Å². The second-order valence-electron chi connectivity index (χ2n) is 14.1. The molecule has 4 rings (SSSR count). The first-order valence-corrected chi connectivity index (χ1v) is 20.2. The van der Waals surface area contributed by atoms with Crippen molar-refractivity contribution in [3.63, 3.8) is 0 Å². The average Bonchev–Trinajstić information content (AvgIpc) is 3.25. The molecule has 0 N–H and O–H groups in total. The predicted octanol–water partition coefficient (Wildman–Crippen LogP) is 11.6. The fourth-order valence-corrected chi connectivity index (χ4v) is 5.28. The molecular weight excluding hydrogens is 741 g/mol. The van der Waals surface area contributed by atoms with Crippen LogP contribution in [0.15, 0.2) is 140 Å². The standard InChI is InChI=1S/C26H30O4.C25H28O4/c1-20(2)26(28)30-19-7-5-4-6-18-29-24-15-10-22(11-16-24)12-17-25(27)23-13-8-21(3)9-14-23;1-20(2)25(27)29-19-9-4-3-8-18-28-23-15-13-22(14-16-23)24(26)17-12-21-10-6-5-7-11-21/h8-17H,1,4-7,18-19H2,2-3H3;5-7,10-17H,1,3-4,8-9,18-19H2,2H3/b2*17-12+.